The smallest absolute Gasteiger partial charge is 0.188 e. The Balaban J connectivity index is 2.27. The third kappa shape index (κ3) is 2.54. The number of benzene rings is 1. The Morgan fingerprint density at radius 2 is 2.00 bits per heavy atom. The van der Waals surface area contributed by atoms with Gasteiger partial charge in [-0.25, -0.2) is 8.78 Å². The van der Waals surface area contributed by atoms with E-state index in [0.717, 1.165) is 6.07 Å². The molecule has 0 saturated heterocycles. The third-order valence-electron chi connectivity index (χ3n) is 2.41. The molecule has 0 aliphatic rings. The molecule has 92 valence electrons. The predicted molar refractivity (Wildman–Crippen MR) is 63.6 cm³/mol. The zero-order valence-electron chi connectivity index (χ0n) is 9.16. The zero-order valence-corrected chi connectivity index (χ0v) is 9.92. The number of carbonyl (C=O) groups is 1. The van der Waals surface area contributed by atoms with Crippen molar-refractivity contribution in [3.05, 3.63) is 64.4 Å². The van der Waals surface area contributed by atoms with Crippen molar-refractivity contribution in [2.75, 3.05) is 0 Å². The van der Waals surface area contributed by atoms with Crippen LogP contribution in [0.4, 0.5) is 8.78 Å². The standard InChI is InChI=1S/C13H8ClF2NO/c14-9-4-1-3-8(12(9)16)7-11(18)13-10(15)5-2-6-17-13/h1-6H,7H2. The van der Waals surface area contributed by atoms with Gasteiger partial charge in [0.1, 0.15) is 11.5 Å². The average molecular weight is 268 g/mol. The van der Waals surface area contributed by atoms with E-state index in [1.54, 1.807) is 0 Å². The molecule has 0 atom stereocenters. The second-order valence-corrected chi connectivity index (χ2v) is 4.05. The van der Waals surface area contributed by atoms with Gasteiger partial charge in [-0.2, -0.15) is 0 Å². The molecule has 2 nitrogen and oxygen atoms in total. The summed E-state index contributed by atoms with van der Waals surface area (Å²) in [5.74, 6) is -1.97. The van der Waals surface area contributed by atoms with Gasteiger partial charge in [-0.05, 0) is 23.8 Å². The largest absolute Gasteiger partial charge is 0.292 e. The molecule has 0 spiro atoms. The van der Waals surface area contributed by atoms with Crippen LogP contribution < -0.4 is 0 Å². The second-order valence-electron chi connectivity index (χ2n) is 3.65. The molecule has 0 amide bonds. The van der Waals surface area contributed by atoms with Gasteiger partial charge in [0, 0.05) is 12.6 Å². The Labute approximate surface area is 107 Å². The number of carbonyl (C=O) groups excluding carboxylic acids is 1. The highest BCUT2D eigenvalue weighted by Crippen LogP contribution is 2.19. The fourth-order valence-electron chi connectivity index (χ4n) is 1.53. The van der Waals surface area contributed by atoms with Crippen LogP contribution in [0.1, 0.15) is 16.1 Å². The van der Waals surface area contributed by atoms with E-state index in [-0.39, 0.29) is 22.7 Å². The van der Waals surface area contributed by atoms with Gasteiger partial charge in [-0.15, -0.1) is 0 Å². The van der Waals surface area contributed by atoms with Crippen LogP contribution in [0.3, 0.4) is 0 Å². The fourth-order valence-corrected chi connectivity index (χ4v) is 1.73. The highest BCUT2D eigenvalue weighted by molar-refractivity contribution is 6.30. The number of halogens is 3. The third-order valence-corrected chi connectivity index (χ3v) is 2.70. The summed E-state index contributed by atoms with van der Waals surface area (Å²) >= 11 is 5.60. The topological polar surface area (TPSA) is 30.0 Å². The molecule has 18 heavy (non-hydrogen) atoms. The van der Waals surface area contributed by atoms with Crippen LogP contribution in [0.5, 0.6) is 0 Å². The van der Waals surface area contributed by atoms with Gasteiger partial charge in [0.2, 0.25) is 0 Å². The highest BCUT2D eigenvalue weighted by atomic mass is 35.5. The van der Waals surface area contributed by atoms with E-state index in [1.165, 1.54) is 30.5 Å². The number of ketones is 1. The molecule has 2 rings (SSSR count). The van der Waals surface area contributed by atoms with Crippen LogP contribution in [-0.2, 0) is 6.42 Å². The SMILES string of the molecule is O=C(Cc1cccc(Cl)c1F)c1ncccc1F. The molecule has 1 aromatic heterocycles. The van der Waals surface area contributed by atoms with Gasteiger partial charge < -0.3 is 0 Å². The summed E-state index contributed by atoms with van der Waals surface area (Å²) in [4.78, 5) is 15.4. The van der Waals surface area contributed by atoms with Gasteiger partial charge in [0.15, 0.2) is 11.6 Å². The van der Waals surface area contributed by atoms with Crippen molar-refractivity contribution in [3.8, 4) is 0 Å². The van der Waals surface area contributed by atoms with Crippen molar-refractivity contribution in [3.63, 3.8) is 0 Å². The first-order valence-electron chi connectivity index (χ1n) is 5.16. The molecule has 1 aromatic carbocycles. The number of nitrogens with zero attached hydrogens (tertiary/aromatic N) is 1. The minimum atomic E-state index is -0.718. The minimum Gasteiger partial charge on any atom is -0.292 e. The van der Waals surface area contributed by atoms with E-state index < -0.39 is 17.4 Å². The lowest BCUT2D eigenvalue weighted by Gasteiger charge is -2.04. The van der Waals surface area contributed by atoms with E-state index >= 15 is 0 Å². The maximum atomic E-state index is 13.6. The summed E-state index contributed by atoms with van der Waals surface area (Å²) in [5, 5.41) is -0.0678. The quantitative estimate of drug-likeness (QED) is 0.798. The van der Waals surface area contributed by atoms with Crippen LogP contribution in [0.25, 0.3) is 0 Å². The molecule has 0 aliphatic carbocycles. The van der Waals surface area contributed by atoms with Crippen molar-refractivity contribution in [2.45, 2.75) is 6.42 Å². The summed E-state index contributed by atoms with van der Waals surface area (Å²) in [6.07, 6.45) is 1.03. The Hall–Kier alpha value is -1.81. The molecule has 0 fully saturated rings. The Kier molecular flexibility index (Phi) is 3.67. The van der Waals surface area contributed by atoms with Crippen molar-refractivity contribution in [1.29, 1.82) is 0 Å². The first-order chi connectivity index (χ1) is 8.59. The zero-order chi connectivity index (χ0) is 13.1. The van der Waals surface area contributed by atoms with E-state index in [0.29, 0.717) is 0 Å². The van der Waals surface area contributed by atoms with Crippen molar-refractivity contribution in [1.82, 2.24) is 4.98 Å². The average Bonchev–Trinajstić information content (AvgIpc) is 2.35. The maximum absolute atomic E-state index is 13.6. The Morgan fingerprint density at radius 1 is 1.22 bits per heavy atom. The molecule has 0 bridgehead atoms. The minimum absolute atomic E-state index is 0.0678. The first kappa shape index (κ1) is 12.6. The van der Waals surface area contributed by atoms with Gasteiger partial charge in [-0.3, -0.25) is 9.78 Å². The van der Waals surface area contributed by atoms with E-state index in [1.807, 2.05) is 0 Å². The molecule has 0 radical (unpaired) electrons. The summed E-state index contributed by atoms with van der Waals surface area (Å²) in [6.45, 7) is 0. The number of rotatable bonds is 3. The summed E-state index contributed by atoms with van der Waals surface area (Å²) in [6, 6.07) is 6.86. The van der Waals surface area contributed by atoms with E-state index in [2.05, 4.69) is 4.98 Å². The predicted octanol–water partition coefficient (Wildman–Crippen LogP) is 3.44. The van der Waals surface area contributed by atoms with Crippen molar-refractivity contribution in [2.24, 2.45) is 0 Å². The fraction of sp³-hybridized carbons (Fsp3) is 0.0769. The lowest BCUT2D eigenvalue weighted by molar-refractivity contribution is 0.0983. The van der Waals surface area contributed by atoms with Crippen LogP contribution in [0.2, 0.25) is 5.02 Å². The number of aromatic nitrogens is 1. The Morgan fingerprint density at radius 3 is 2.72 bits per heavy atom. The van der Waals surface area contributed by atoms with Gasteiger partial charge in [-0.1, -0.05) is 23.7 Å². The normalized spacial score (nSPS) is 10.4. The first-order valence-corrected chi connectivity index (χ1v) is 5.54. The summed E-state index contributed by atoms with van der Waals surface area (Å²) in [7, 11) is 0. The second kappa shape index (κ2) is 5.23. The van der Waals surface area contributed by atoms with Gasteiger partial charge in [0.05, 0.1) is 5.02 Å². The number of hydrogen-bond donors (Lipinski definition) is 0. The molecule has 0 N–H and O–H groups in total. The number of hydrogen-bond acceptors (Lipinski definition) is 2. The van der Waals surface area contributed by atoms with E-state index in [4.69, 9.17) is 11.6 Å². The molecule has 0 aliphatic heterocycles. The summed E-state index contributed by atoms with van der Waals surface area (Å²) in [5.41, 5.74) is -0.172. The van der Waals surface area contributed by atoms with Crippen LogP contribution >= 0.6 is 11.6 Å². The Bertz CT molecular complexity index is 601. The number of Topliss-reactive ketones (excluding diaryl/α,β-unsaturated/α-hetero) is 1. The van der Waals surface area contributed by atoms with E-state index in [9.17, 15) is 13.6 Å². The molecular weight excluding hydrogens is 260 g/mol. The maximum Gasteiger partial charge on any atom is 0.188 e. The van der Waals surface area contributed by atoms with Crippen LogP contribution in [0.15, 0.2) is 36.5 Å². The molecular formula is C13H8ClF2NO. The van der Waals surface area contributed by atoms with Crippen molar-refractivity contribution >= 4 is 17.4 Å². The van der Waals surface area contributed by atoms with Crippen LogP contribution in [0, 0.1) is 11.6 Å². The number of pyridine rings is 1. The summed E-state index contributed by atoms with van der Waals surface area (Å²) < 4.78 is 26.9. The molecule has 0 saturated carbocycles. The van der Waals surface area contributed by atoms with Gasteiger partial charge in [0.25, 0.3) is 0 Å². The molecule has 5 heteroatoms. The lowest BCUT2D eigenvalue weighted by atomic mass is 10.1. The van der Waals surface area contributed by atoms with Crippen molar-refractivity contribution < 1.29 is 13.6 Å². The highest BCUT2D eigenvalue weighted by Gasteiger charge is 2.16. The molecule has 0 unspecified atom stereocenters. The molecule has 1 heterocycles. The lowest BCUT2D eigenvalue weighted by Crippen LogP contribution is -2.09. The molecule has 2 aromatic rings. The monoisotopic (exact) mass is 267 g/mol. The van der Waals surface area contributed by atoms with Gasteiger partial charge >= 0.3 is 0 Å². The van der Waals surface area contributed by atoms with Crippen LogP contribution in [-0.4, -0.2) is 10.8 Å².